The first-order chi connectivity index (χ1) is 13.1. The van der Waals surface area contributed by atoms with Crippen LogP contribution in [0.1, 0.15) is 11.7 Å². The molecule has 8 heteroatoms. The summed E-state index contributed by atoms with van der Waals surface area (Å²) in [6, 6.07) is 12.9. The largest absolute Gasteiger partial charge is 0.420 e. The van der Waals surface area contributed by atoms with Crippen molar-refractivity contribution in [1.29, 1.82) is 0 Å². The number of hydrogen-bond donors (Lipinski definition) is 0. The lowest BCUT2D eigenvalue weighted by atomic mass is 10.1. The smallest absolute Gasteiger partial charge is 0.253 e. The molecule has 0 N–H and O–H groups in total. The fourth-order valence-corrected chi connectivity index (χ4v) is 3.32. The van der Waals surface area contributed by atoms with Crippen LogP contribution in [0, 0.1) is 18.6 Å². The topological polar surface area (TPSA) is 65.0 Å². The molecular weight excluding hydrogens is 372 g/mol. The molecule has 0 saturated carbocycles. The van der Waals surface area contributed by atoms with Gasteiger partial charge in [-0.05, 0) is 19.1 Å². The summed E-state index contributed by atoms with van der Waals surface area (Å²) in [5, 5.41) is 12.2. The van der Waals surface area contributed by atoms with E-state index in [1.807, 2.05) is 30.3 Å². The zero-order valence-corrected chi connectivity index (χ0v) is 15.0. The lowest BCUT2D eigenvalue weighted by Gasteiger charge is -2.00. The summed E-state index contributed by atoms with van der Waals surface area (Å²) in [6.45, 7) is 1.77. The van der Waals surface area contributed by atoms with Crippen molar-refractivity contribution in [2.24, 2.45) is 0 Å². The van der Waals surface area contributed by atoms with Crippen LogP contribution < -0.4 is 0 Å². The Morgan fingerprint density at radius 2 is 1.85 bits per heavy atom. The van der Waals surface area contributed by atoms with E-state index in [1.54, 1.807) is 6.92 Å². The quantitative estimate of drug-likeness (QED) is 0.436. The number of thioether (sulfide) groups is 1. The second-order valence-electron chi connectivity index (χ2n) is 5.69. The van der Waals surface area contributed by atoms with Crippen LogP contribution in [-0.2, 0) is 5.75 Å². The number of aryl methyl sites for hydroxylation is 1. The SMILES string of the molecule is Cc1onc(-c2ccccc2)c1-c1nnc(CSc2ccc(F)cc2F)o1. The summed E-state index contributed by atoms with van der Waals surface area (Å²) in [5.41, 5.74) is 2.10. The van der Waals surface area contributed by atoms with Gasteiger partial charge in [0, 0.05) is 16.5 Å². The Balaban J connectivity index is 1.58. The summed E-state index contributed by atoms with van der Waals surface area (Å²) < 4.78 is 37.7. The van der Waals surface area contributed by atoms with E-state index in [0.717, 1.165) is 23.4 Å². The fourth-order valence-electron chi connectivity index (χ4n) is 2.56. The van der Waals surface area contributed by atoms with Crippen molar-refractivity contribution in [3.63, 3.8) is 0 Å². The van der Waals surface area contributed by atoms with Gasteiger partial charge in [-0.15, -0.1) is 22.0 Å². The first-order valence-corrected chi connectivity index (χ1v) is 9.02. The van der Waals surface area contributed by atoms with Gasteiger partial charge in [-0.25, -0.2) is 8.78 Å². The van der Waals surface area contributed by atoms with E-state index < -0.39 is 11.6 Å². The van der Waals surface area contributed by atoms with Crippen LogP contribution in [0.3, 0.4) is 0 Å². The van der Waals surface area contributed by atoms with E-state index in [4.69, 9.17) is 8.94 Å². The highest BCUT2D eigenvalue weighted by Crippen LogP contribution is 2.34. The second-order valence-corrected chi connectivity index (χ2v) is 6.71. The van der Waals surface area contributed by atoms with E-state index in [-0.39, 0.29) is 11.6 Å². The molecule has 0 fully saturated rings. The lowest BCUT2D eigenvalue weighted by molar-refractivity contribution is 0.399. The molecule has 4 rings (SSSR count). The van der Waals surface area contributed by atoms with Crippen molar-refractivity contribution >= 4 is 11.8 Å². The van der Waals surface area contributed by atoms with Gasteiger partial charge < -0.3 is 8.94 Å². The van der Waals surface area contributed by atoms with Crippen molar-refractivity contribution in [2.45, 2.75) is 17.6 Å². The van der Waals surface area contributed by atoms with Gasteiger partial charge in [0.2, 0.25) is 5.89 Å². The molecule has 0 bridgehead atoms. The van der Waals surface area contributed by atoms with Crippen LogP contribution in [-0.4, -0.2) is 15.4 Å². The predicted molar refractivity (Wildman–Crippen MR) is 95.9 cm³/mol. The molecule has 136 valence electrons. The monoisotopic (exact) mass is 385 g/mol. The number of benzene rings is 2. The van der Waals surface area contributed by atoms with Crippen molar-refractivity contribution in [1.82, 2.24) is 15.4 Å². The van der Waals surface area contributed by atoms with Crippen molar-refractivity contribution < 1.29 is 17.7 Å². The van der Waals surface area contributed by atoms with Crippen molar-refractivity contribution in [3.8, 4) is 22.7 Å². The molecule has 0 amide bonds. The Morgan fingerprint density at radius 3 is 2.63 bits per heavy atom. The fraction of sp³-hybridized carbons (Fsp3) is 0.105. The molecule has 0 saturated heterocycles. The Hall–Kier alpha value is -3.00. The Kier molecular flexibility index (Phi) is 4.72. The van der Waals surface area contributed by atoms with Crippen LogP contribution in [0.5, 0.6) is 0 Å². The number of aromatic nitrogens is 3. The molecule has 27 heavy (non-hydrogen) atoms. The van der Waals surface area contributed by atoms with Crippen LogP contribution in [0.15, 0.2) is 62.4 Å². The summed E-state index contributed by atoms with van der Waals surface area (Å²) in [5.74, 6) is 0.164. The summed E-state index contributed by atoms with van der Waals surface area (Å²) >= 11 is 1.15. The average molecular weight is 385 g/mol. The van der Waals surface area contributed by atoms with Crippen LogP contribution >= 0.6 is 11.8 Å². The van der Waals surface area contributed by atoms with E-state index in [0.29, 0.717) is 27.8 Å². The maximum atomic E-state index is 13.7. The van der Waals surface area contributed by atoms with Crippen LogP contribution in [0.4, 0.5) is 8.78 Å². The Labute approximate surface area is 157 Å². The van der Waals surface area contributed by atoms with Gasteiger partial charge in [0.1, 0.15) is 28.7 Å². The van der Waals surface area contributed by atoms with Gasteiger partial charge in [-0.3, -0.25) is 0 Å². The second kappa shape index (κ2) is 7.32. The molecule has 0 atom stereocenters. The zero-order chi connectivity index (χ0) is 18.8. The summed E-state index contributed by atoms with van der Waals surface area (Å²) in [7, 11) is 0. The third-order valence-electron chi connectivity index (χ3n) is 3.84. The standard InChI is InChI=1S/C19H13F2N3O2S/c1-11-17(18(24-26-11)12-5-3-2-4-6-12)19-23-22-16(25-19)10-27-15-8-7-13(20)9-14(15)21/h2-9H,10H2,1H3. The van der Waals surface area contributed by atoms with E-state index in [2.05, 4.69) is 15.4 Å². The van der Waals surface area contributed by atoms with Gasteiger partial charge in [0.15, 0.2) is 0 Å². The summed E-state index contributed by atoms with van der Waals surface area (Å²) in [6.07, 6.45) is 0. The van der Waals surface area contributed by atoms with Gasteiger partial charge in [0.25, 0.3) is 5.89 Å². The maximum Gasteiger partial charge on any atom is 0.253 e. The number of halogens is 2. The van der Waals surface area contributed by atoms with Crippen molar-refractivity contribution in [3.05, 3.63) is 71.8 Å². The third kappa shape index (κ3) is 3.61. The highest BCUT2D eigenvalue weighted by atomic mass is 32.2. The van der Waals surface area contributed by atoms with Gasteiger partial charge in [-0.2, -0.15) is 0 Å². The average Bonchev–Trinajstić information content (AvgIpc) is 3.28. The molecular formula is C19H13F2N3O2S. The first kappa shape index (κ1) is 17.4. The third-order valence-corrected chi connectivity index (χ3v) is 4.87. The maximum absolute atomic E-state index is 13.7. The molecule has 0 aliphatic carbocycles. The molecule has 2 aromatic carbocycles. The molecule has 0 aliphatic heterocycles. The lowest BCUT2D eigenvalue weighted by Crippen LogP contribution is -1.85. The summed E-state index contributed by atoms with van der Waals surface area (Å²) in [4.78, 5) is 0.308. The number of rotatable bonds is 5. The number of hydrogen-bond acceptors (Lipinski definition) is 6. The molecule has 0 unspecified atom stereocenters. The molecule has 4 aromatic rings. The minimum absolute atomic E-state index is 0.251. The predicted octanol–water partition coefficient (Wildman–Crippen LogP) is 5.27. The van der Waals surface area contributed by atoms with Gasteiger partial charge in [0.05, 0.1) is 5.75 Å². The number of nitrogens with zero attached hydrogens (tertiary/aromatic N) is 3. The highest BCUT2D eigenvalue weighted by Gasteiger charge is 2.22. The van der Waals surface area contributed by atoms with E-state index >= 15 is 0 Å². The van der Waals surface area contributed by atoms with Crippen LogP contribution in [0.25, 0.3) is 22.7 Å². The molecule has 2 heterocycles. The van der Waals surface area contributed by atoms with Gasteiger partial charge >= 0.3 is 0 Å². The van der Waals surface area contributed by atoms with E-state index in [1.165, 1.54) is 12.1 Å². The zero-order valence-electron chi connectivity index (χ0n) is 14.1. The first-order valence-electron chi connectivity index (χ1n) is 8.04. The molecule has 0 aliphatic rings. The highest BCUT2D eigenvalue weighted by molar-refractivity contribution is 7.98. The minimum Gasteiger partial charge on any atom is -0.420 e. The Morgan fingerprint density at radius 1 is 1.04 bits per heavy atom. The van der Waals surface area contributed by atoms with Crippen LogP contribution in [0.2, 0.25) is 0 Å². The Bertz CT molecular complexity index is 1080. The molecule has 0 radical (unpaired) electrons. The minimum atomic E-state index is -0.624. The normalized spacial score (nSPS) is 11.1. The molecule has 2 aromatic heterocycles. The van der Waals surface area contributed by atoms with Gasteiger partial charge in [-0.1, -0.05) is 35.5 Å². The molecule has 5 nitrogen and oxygen atoms in total. The van der Waals surface area contributed by atoms with E-state index in [9.17, 15) is 8.78 Å². The van der Waals surface area contributed by atoms with Crippen molar-refractivity contribution in [2.75, 3.05) is 0 Å². The molecule has 0 spiro atoms.